The largest absolute Gasteiger partial charge is 0.135 e. The number of hydrogen-bond donors (Lipinski definition) is 0. The van der Waals surface area contributed by atoms with Gasteiger partial charge >= 0.3 is 0 Å². The molecule has 0 spiro atoms. The maximum absolute atomic E-state index is 2.31. The summed E-state index contributed by atoms with van der Waals surface area (Å²) in [5.41, 5.74) is 3.90. The van der Waals surface area contributed by atoms with Crippen molar-refractivity contribution in [1.82, 2.24) is 0 Å². The number of hydrogen-bond acceptors (Lipinski definition) is 1. The van der Waals surface area contributed by atoms with Crippen molar-refractivity contribution in [2.24, 2.45) is 0 Å². The fraction of sp³-hybridized carbons (Fsp3) is 0.0526. The lowest BCUT2D eigenvalue weighted by Gasteiger charge is -2.03. The van der Waals surface area contributed by atoms with E-state index in [9.17, 15) is 0 Å². The molecule has 1 heteroatoms. The molecule has 0 fully saturated rings. The summed E-state index contributed by atoms with van der Waals surface area (Å²) in [6.07, 6.45) is 0. The summed E-state index contributed by atoms with van der Waals surface area (Å²) < 4.78 is 2.73. The van der Waals surface area contributed by atoms with Gasteiger partial charge in [0.05, 0.1) is 0 Å². The molecule has 0 radical (unpaired) electrons. The molecule has 0 saturated carbocycles. The van der Waals surface area contributed by atoms with Crippen LogP contribution < -0.4 is 0 Å². The highest BCUT2D eigenvalue weighted by molar-refractivity contribution is 7.25. The Bertz CT molecular complexity index is 915. The normalized spacial score (nSPS) is 11.2. The van der Waals surface area contributed by atoms with Gasteiger partial charge < -0.3 is 0 Å². The summed E-state index contributed by atoms with van der Waals surface area (Å²) in [6, 6.07) is 24.1. The van der Waals surface area contributed by atoms with E-state index in [-0.39, 0.29) is 0 Å². The number of rotatable bonds is 1. The van der Waals surface area contributed by atoms with Gasteiger partial charge in [0.1, 0.15) is 0 Å². The third kappa shape index (κ3) is 1.83. The van der Waals surface area contributed by atoms with E-state index in [1.54, 1.807) is 0 Å². The SMILES string of the molecule is Cc1cccc(-c2ccc3c(c2)sc2ccccc23)c1. The zero-order chi connectivity index (χ0) is 13.5. The molecule has 0 nitrogen and oxygen atoms in total. The van der Waals surface area contributed by atoms with E-state index in [0.717, 1.165) is 0 Å². The van der Waals surface area contributed by atoms with E-state index in [4.69, 9.17) is 0 Å². The summed E-state index contributed by atoms with van der Waals surface area (Å²) in [6.45, 7) is 2.14. The molecule has 0 atom stereocenters. The minimum Gasteiger partial charge on any atom is -0.135 e. The zero-order valence-electron chi connectivity index (χ0n) is 11.3. The van der Waals surface area contributed by atoms with Gasteiger partial charge in [-0.25, -0.2) is 0 Å². The van der Waals surface area contributed by atoms with E-state index >= 15 is 0 Å². The van der Waals surface area contributed by atoms with Crippen LogP contribution in [0.15, 0.2) is 66.7 Å². The smallest absolute Gasteiger partial charge is 0.0361 e. The van der Waals surface area contributed by atoms with Gasteiger partial charge in [0, 0.05) is 20.2 Å². The molecule has 1 heterocycles. The Hall–Kier alpha value is -2.12. The average Bonchev–Trinajstić information content (AvgIpc) is 2.85. The monoisotopic (exact) mass is 274 g/mol. The molecular weight excluding hydrogens is 260 g/mol. The summed E-state index contributed by atoms with van der Waals surface area (Å²) in [5.74, 6) is 0. The Morgan fingerprint density at radius 3 is 2.35 bits per heavy atom. The van der Waals surface area contributed by atoms with E-state index < -0.39 is 0 Å². The second kappa shape index (κ2) is 4.46. The van der Waals surface area contributed by atoms with Crippen molar-refractivity contribution in [1.29, 1.82) is 0 Å². The van der Waals surface area contributed by atoms with Crippen molar-refractivity contribution in [3.05, 3.63) is 72.3 Å². The van der Waals surface area contributed by atoms with Crippen LogP contribution in [0.2, 0.25) is 0 Å². The lowest BCUT2D eigenvalue weighted by atomic mass is 10.0. The van der Waals surface area contributed by atoms with Crippen LogP contribution in [0.25, 0.3) is 31.3 Å². The van der Waals surface area contributed by atoms with Crippen molar-refractivity contribution >= 4 is 31.5 Å². The van der Waals surface area contributed by atoms with Gasteiger partial charge in [-0.1, -0.05) is 60.2 Å². The van der Waals surface area contributed by atoms with E-state index in [1.165, 1.54) is 36.9 Å². The third-order valence-corrected chi connectivity index (χ3v) is 4.86. The fourth-order valence-electron chi connectivity index (χ4n) is 2.73. The first-order chi connectivity index (χ1) is 9.81. The zero-order valence-corrected chi connectivity index (χ0v) is 12.1. The molecule has 0 unspecified atom stereocenters. The molecular formula is C19H14S. The summed E-state index contributed by atoms with van der Waals surface area (Å²) >= 11 is 1.87. The van der Waals surface area contributed by atoms with Gasteiger partial charge in [0.15, 0.2) is 0 Å². The molecule has 1 aromatic heterocycles. The first-order valence-electron chi connectivity index (χ1n) is 6.79. The van der Waals surface area contributed by atoms with Crippen LogP contribution in [0.1, 0.15) is 5.56 Å². The molecule has 0 amide bonds. The van der Waals surface area contributed by atoms with Crippen LogP contribution in [0.5, 0.6) is 0 Å². The molecule has 3 aromatic carbocycles. The van der Waals surface area contributed by atoms with Crippen LogP contribution >= 0.6 is 11.3 Å². The van der Waals surface area contributed by atoms with Gasteiger partial charge in [-0.2, -0.15) is 0 Å². The van der Waals surface area contributed by atoms with Gasteiger partial charge in [-0.05, 0) is 30.2 Å². The first kappa shape index (κ1) is 11.7. The highest BCUT2D eigenvalue weighted by Gasteiger charge is 2.06. The fourth-order valence-corrected chi connectivity index (χ4v) is 3.88. The molecule has 0 bridgehead atoms. The number of fused-ring (bicyclic) bond motifs is 3. The molecule has 96 valence electrons. The second-order valence-corrected chi connectivity index (χ2v) is 6.26. The van der Waals surface area contributed by atoms with Gasteiger partial charge in [-0.15, -0.1) is 11.3 Å². The molecule has 0 N–H and O–H groups in total. The lowest BCUT2D eigenvalue weighted by molar-refractivity contribution is 1.47. The van der Waals surface area contributed by atoms with Crippen LogP contribution in [-0.2, 0) is 0 Å². The highest BCUT2D eigenvalue weighted by atomic mass is 32.1. The van der Waals surface area contributed by atoms with Gasteiger partial charge in [-0.3, -0.25) is 0 Å². The average molecular weight is 274 g/mol. The Labute approximate surface area is 122 Å². The van der Waals surface area contributed by atoms with E-state index in [2.05, 4.69) is 73.7 Å². The van der Waals surface area contributed by atoms with E-state index in [0.29, 0.717) is 0 Å². The maximum Gasteiger partial charge on any atom is 0.0361 e. The minimum atomic E-state index is 1.30. The Morgan fingerprint density at radius 2 is 1.45 bits per heavy atom. The molecule has 0 aliphatic heterocycles. The van der Waals surface area contributed by atoms with Crippen LogP contribution in [-0.4, -0.2) is 0 Å². The second-order valence-electron chi connectivity index (χ2n) is 5.18. The number of aryl methyl sites for hydroxylation is 1. The molecule has 0 saturated heterocycles. The van der Waals surface area contributed by atoms with Gasteiger partial charge in [0.25, 0.3) is 0 Å². The Balaban J connectivity index is 1.97. The molecule has 0 aliphatic rings. The maximum atomic E-state index is 2.31. The van der Waals surface area contributed by atoms with E-state index in [1.807, 2.05) is 11.3 Å². The predicted octanol–water partition coefficient (Wildman–Crippen LogP) is 6.03. The molecule has 4 rings (SSSR count). The van der Waals surface area contributed by atoms with Crippen molar-refractivity contribution < 1.29 is 0 Å². The third-order valence-electron chi connectivity index (χ3n) is 3.73. The van der Waals surface area contributed by atoms with Crippen LogP contribution in [0.4, 0.5) is 0 Å². The quantitative estimate of drug-likeness (QED) is 0.397. The van der Waals surface area contributed by atoms with Gasteiger partial charge in [0.2, 0.25) is 0 Å². The summed E-state index contributed by atoms with van der Waals surface area (Å²) in [7, 11) is 0. The van der Waals surface area contributed by atoms with Crippen LogP contribution in [0, 0.1) is 6.92 Å². The topological polar surface area (TPSA) is 0 Å². The number of benzene rings is 3. The minimum absolute atomic E-state index is 1.30. The molecule has 4 aromatic rings. The Kier molecular flexibility index (Phi) is 2.61. The predicted molar refractivity (Wildman–Crippen MR) is 89.5 cm³/mol. The van der Waals surface area contributed by atoms with Crippen molar-refractivity contribution in [2.75, 3.05) is 0 Å². The summed E-state index contributed by atoms with van der Waals surface area (Å²) in [4.78, 5) is 0. The Morgan fingerprint density at radius 1 is 0.650 bits per heavy atom. The molecule has 0 aliphatic carbocycles. The standard InChI is InChI=1S/C19H14S/c1-13-5-4-6-14(11-13)15-9-10-17-16-7-2-3-8-18(16)20-19(17)12-15/h2-12H,1H3. The molecule has 20 heavy (non-hydrogen) atoms. The van der Waals surface area contributed by atoms with Crippen molar-refractivity contribution in [2.45, 2.75) is 6.92 Å². The summed E-state index contributed by atoms with van der Waals surface area (Å²) in [5, 5.41) is 2.73. The van der Waals surface area contributed by atoms with Crippen molar-refractivity contribution in [3.8, 4) is 11.1 Å². The highest BCUT2D eigenvalue weighted by Crippen LogP contribution is 2.36. The first-order valence-corrected chi connectivity index (χ1v) is 7.61. The lowest BCUT2D eigenvalue weighted by Crippen LogP contribution is -1.78. The van der Waals surface area contributed by atoms with Crippen LogP contribution in [0.3, 0.4) is 0 Å². The number of thiophene rings is 1. The van der Waals surface area contributed by atoms with Crippen molar-refractivity contribution in [3.63, 3.8) is 0 Å².